The molecule has 0 spiro atoms. The minimum atomic E-state index is -1.16. The molecule has 1 atom stereocenters. The number of hydrogen-bond acceptors (Lipinski definition) is 2. The first-order valence-corrected chi connectivity index (χ1v) is 6.95. The van der Waals surface area contributed by atoms with Crippen molar-refractivity contribution in [3.05, 3.63) is 23.3 Å². The Morgan fingerprint density at radius 1 is 1.47 bits per heavy atom. The maximum Gasteiger partial charge on any atom is 0.322 e. The van der Waals surface area contributed by atoms with Crippen LogP contribution in [-0.2, 0) is 9.59 Å². The van der Waals surface area contributed by atoms with Crippen LogP contribution in [0.5, 0.6) is 0 Å². The van der Waals surface area contributed by atoms with Crippen molar-refractivity contribution in [3.8, 4) is 0 Å². The molecule has 1 aliphatic carbocycles. The highest BCUT2D eigenvalue weighted by atomic mass is 35.5. The number of rotatable bonds is 5. The van der Waals surface area contributed by atoms with Gasteiger partial charge < -0.3 is 5.11 Å². The molecule has 0 saturated carbocycles. The second kappa shape index (κ2) is 6.38. The average Bonchev–Trinajstić information content (AvgIpc) is 2.27. The molecule has 0 fully saturated rings. The monoisotopic (exact) mass is 284 g/mol. The molecule has 19 heavy (non-hydrogen) atoms. The number of carboxylic acid groups (broad SMARTS) is 1. The van der Waals surface area contributed by atoms with Gasteiger partial charge in [-0.2, -0.15) is 0 Å². The molecule has 0 heterocycles. The molecule has 1 aliphatic rings. The first kappa shape index (κ1) is 16.0. The smallest absolute Gasteiger partial charge is 0.322 e. The quantitative estimate of drug-likeness (QED) is 0.618. The number of allylic oxidation sites excluding steroid dienone is 4. The minimum absolute atomic E-state index is 0.0757. The number of hydrogen-bond donors (Lipinski definition) is 1. The second-order valence-corrected chi connectivity index (χ2v) is 6.27. The Balaban J connectivity index is 2.75. The largest absolute Gasteiger partial charge is 0.480 e. The lowest BCUT2D eigenvalue weighted by molar-refractivity contribution is -0.137. The summed E-state index contributed by atoms with van der Waals surface area (Å²) in [5.74, 6) is -1.40. The Labute approximate surface area is 119 Å². The zero-order chi connectivity index (χ0) is 14.6. The average molecular weight is 285 g/mol. The molecule has 1 rings (SSSR count). The molecule has 0 aliphatic heterocycles. The van der Waals surface area contributed by atoms with Crippen molar-refractivity contribution in [2.75, 3.05) is 0 Å². The van der Waals surface area contributed by atoms with Gasteiger partial charge in [0.05, 0.1) is 0 Å². The molecule has 3 nitrogen and oxygen atoms in total. The van der Waals surface area contributed by atoms with Gasteiger partial charge in [-0.05, 0) is 43.3 Å². The number of carbonyl (C=O) groups is 2. The molecule has 0 amide bonds. The Kier molecular flexibility index (Phi) is 5.36. The molecular formula is C15H21ClO3. The molecule has 1 N–H and O–H groups in total. The fraction of sp³-hybridized carbons (Fsp3) is 0.600. The Bertz CT molecular complexity index is 433. The van der Waals surface area contributed by atoms with Gasteiger partial charge in [0.2, 0.25) is 0 Å². The molecular weight excluding hydrogens is 264 g/mol. The molecule has 106 valence electrons. The van der Waals surface area contributed by atoms with Gasteiger partial charge in [0.1, 0.15) is 5.38 Å². The predicted octanol–water partition coefficient (Wildman–Crippen LogP) is 3.72. The molecule has 0 aromatic heterocycles. The van der Waals surface area contributed by atoms with Crippen LogP contribution in [-0.4, -0.2) is 22.2 Å². The first-order valence-electron chi connectivity index (χ1n) is 6.52. The third kappa shape index (κ3) is 4.50. The van der Waals surface area contributed by atoms with Crippen molar-refractivity contribution < 1.29 is 14.7 Å². The zero-order valence-corrected chi connectivity index (χ0v) is 12.5. The lowest BCUT2D eigenvalue weighted by atomic mass is 9.72. The molecule has 4 heteroatoms. The number of carboxylic acids is 1. The van der Waals surface area contributed by atoms with E-state index in [1.165, 1.54) is 23.6 Å². The second-order valence-electron chi connectivity index (χ2n) is 5.74. The van der Waals surface area contributed by atoms with Crippen LogP contribution in [0.15, 0.2) is 23.3 Å². The van der Waals surface area contributed by atoms with Gasteiger partial charge in [-0.1, -0.05) is 25.5 Å². The van der Waals surface area contributed by atoms with Gasteiger partial charge in [0.15, 0.2) is 5.78 Å². The van der Waals surface area contributed by atoms with Crippen molar-refractivity contribution >= 4 is 23.4 Å². The van der Waals surface area contributed by atoms with E-state index >= 15 is 0 Å². The highest BCUT2D eigenvalue weighted by molar-refractivity contribution is 6.31. The highest BCUT2D eigenvalue weighted by Crippen LogP contribution is 2.40. The Morgan fingerprint density at radius 3 is 2.63 bits per heavy atom. The molecule has 0 aromatic carbocycles. The van der Waals surface area contributed by atoms with Gasteiger partial charge in [-0.15, -0.1) is 11.6 Å². The Morgan fingerprint density at radius 2 is 2.11 bits per heavy atom. The fourth-order valence-electron chi connectivity index (χ4n) is 2.52. The normalized spacial score (nSPS) is 20.6. The first-order chi connectivity index (χ1) is 8.74. The fourth-order valence-corrected chi connectivity index (χ4v) is 2.67. The Hall–Kier alpha value is -1.09. The molecule has 1 unspecified atom stereocenters. The van der Waals surface area contributed by atoms with Crippen molar-refractivity contribution in [1.29, 1.82) is 0 Å². The predicted molar refractivity (Wildman–Crippen MR) is 76.4 cm³/mol. The van der Waals surface area contributed by atoms with Crippen LogP contribution in [0, 0.1) is 5.41 Å². The lowest BCUT2D eigenvalue weighted by Gasteiger charge is -2.32. The zero-order valence-electron chi connectivity index (χ0n) is 11.7. The number of alkyl halides is 1. The van der Waals surface area contributed by atoms with E-state index in [1.807, 2.05) is 6.08 Å². The topological polar surface area (TPSA) is 54.4 Å². The van der Waals surface area contributed by atoms with Gasteiger partial charge in [-0.3, -0.25) is 9.59 Å². The van der Waals surface area contributed by atoms with Crippen LogP contribution in [0.25, 0.3) is 0 Å². The van der Waals surface area contributed by atoms with Gasteiger partial charge >= 0.3 is 5.97 Å². The van der Waals surface area contributed by atoms with Crippen LogP contribution < -0.4 is 0 Å². The van der Waals surface area contributed by atoms with E-state index in [0.717, 1.165) is 12.8 Å². The van der Waals surface area contributed by atoms with Crippen LogP contribution in [0.1, 0.15) is 46.5 Å². The van der Waals surface area contributed by atoms with E-state index in [2.05, 4.69) is 20.8 Å². The summed E-state index contributed by atoms with van der Waals surface area (Å²) in [4.78, 5) is 22.2. The third-order valence-corrected chi connectivity index (χ3v) is 3.97. The summed E-state index contributed by atoms with van der Waals surface area (Å²) >= 11 is 5.55. The number of ketones is 1. The van der Waals surface area contributed by atoms with E-state index in [-0.39, 0.29) is 17.6 Å². The van der Waals surface area contributed by atoms with Crippen LogP contribution >= 0.6 is 11.6 Å². The highest BCUT2D eigenvalue weighted by Gasteiger charge is 2.26. The maximum atomic E-state index is 11.7. The van der Waals surface area contributed by atoms with E-state index in [9.17, 15) is 9.59 Å². The van der Waals surface area contributed by atoms with E-state index < -0.39 is 11.3 Å². The summed E-state index contributed by atoms with van der Waals surface area (Å²) in [6, 6.07) is 0. The standard InChI is InChI=1S/C15H21ClO3/c1-10-5-4-8-15(2,3)12(10)7-6-11(17)9-13(16)14(18)19/h6-7,13H,4-5,8-9H2,1-3H3,(H,18,19)/b7-6+. The number of aliphatic carboxylic acids is 1. The van der Waals surface area contributed by atoms with Crippen LogP contribution in [0.3, 0.4) is 0 Å². The number of halogens is 1. The van der Waals surface area contributed by atoms with E-state index in [0.29, 0.717) is 0 Å². The van der Waals surface area contributed by atoms with E-state index in [1.54, 1.807) is 0 Å². The summed E-state index contributed by atoms with van der Waals surface area (Å²) in [5, 5.41) is 7.51. The summed E-state index contributed by atoms with van der Waals surface area (Å²) in [5.41, 5.74) is 2.57. The van der Waals surface area contributed by atoms with E-state index in [4.69, 9.17) is 16.7 Å². The van der Waals surface area contributed by atoms with Crippen molar-refractivity contribution in [1.82, 2.24) is 0 Å². The van der Waals surface area contributed by atoms with Crippen molar-refractivity contribution in [3.63, 3.8) is 0 Å². The molecule has 0 radical (unpaired) electrons. The van der Waals surface area contributed by atoms with Crippen LogP contribution in [0.2, 0.25) is 0 Å². The van der Waals surface area contributed by atoms with Crippen molar-refractivity contribution in [2.45, 2.75) is 51.8 Å². The molecule has 0 saturated heterocycles. The van der Waals surface area contributed by atoms with Gasteiger partial charge in [0, 0.05) is 6.42 Å². The third-order valence-electron chi connectivity index (χ3n) is 3.63. The van der Waals surface area contributed by atoms with Gasteiger partial charge in [-0.25, -0.2) is 0 Å². The summed E-state index contributed by atoms with van der Waals surface area (Å²) in [6.07, 6.45) is 6.47. The number of carbonyl (C=O) groups excluding carboxylic acids is 1. The molecule has 0 bridgehead atoms. The maximum absolute atomic E-state index is 11.7. The summed E-state index contributed by atoms with van der Waals surface area (Å²) < 4.78 is 0. The summed E-state index contributed by atoms with van der Waals surface area (Å²) in [7, 11) is 0. The minimum Gasteiger partial charge on any atom is -0.480 e. The molecule has 0 aromatic rings. The summed E-state index contributed by atoms with van der Waals surface area (Å²) in [6.45, 7) is 6.43. The van der Waals surface area contributed by atoms with Crippen molar-refractivity contribution in [2.24, 2.45) is 5.41 Å². The SMILES string of the molecule is CC1=C(/C=C/C(=O)CC(Cl)C(=O)O)C(C)(C)CCC1. The lowest BCUT2D eigenvalue weighted by Crippen LogP contribution is -2.20. The van der Waals surface area contributed by atoms with Crippen LogP contribution in [0.4, 0.5) is 0 Å². The van der Waals surface area contributed by atoms with Gasteiger partial charge in [0.25, 0.3) is 0 Å².